The first-order valence-electron chi connectivity index (χ1n) is 9.47. The highest BCUT2D eigenvalue weighted by atomic mass is 16.1. The van der Waals surface area contributed by atoms with Gasteiger partial charge in [0.15, 0.2) is 0 Å². The summed E-state index contributed by atoms with van der Waals surface area (Å²) < 4.78 is 3.16. The van der Waals surface area contributed by atoms with E-state index < -0.39 is 0 Å². The third kappa shape index (κ3) is 3.68. The molecule has 4 rings (SSSR count). The Balaban J connectivity index is 1.38. The Bertz CT molecular complexity index is 1110. The van der Waals surface area contributed by atoms with Crippen LogP contribution in [0.4, 0.5) is 5.69 Å². The highest BCUT2D eigenvalue weighted by molar-refractivity contribution is 5.81. The van der Waals surface area contributed by atoms with Gasteiger partial charge >= 0.3 is 0 Å². The van der Waals surface area contributed by atoms with Crippen molar-refractivity contribution in [1.82, 2.24) is 24.0 Å². The van der Waals surface area contributed by atoms with Crippen molar-refractivity contribution < 1.29 is 0 Å². The van der Waals surface area contributed by atoms with Crippen molar-refractivity contribution >= 4 is 16.6 Å². The van der Waals surface area contributed by atoms with Crippen molar-refractivity contribution in [2.45, 2.75) is 13.5 Å². The van der Waals surface area contributed by atoms with Gasteiger partial charge in [0.1, 0.15) is 0 Å². The Morgan fingerprint density at radius 1 is 0.964 bits per heavy atom. The summed E-state index contributed by atoms with van der Waals surface area (Å²) in [6.07, 6.45) is 3.19. The molecule has 0 atom stereocenters. The first kappa shape index (κ1) is 18.4. The van der Waals surface area contributed by atoms with Crippen LogP contribution in [-0.2, 0) is 13.6 Å². The van der Waals surface area contributed by atoms with Crippen LogP contribution in [0.25, 0.3) is 10.9 Å². The lowest BCUT2D eigenvalue weighted by atomic mass is 10.2. The van der Waals surface area contributed by atoms with E-state index in [2.05, 4.69) is 19.8 Å². The predicted octanol–water partition coefficient (Wildman–Crippen LogP) is 0.621. The number of hydrogen-bond acceptors (Lipinski definition) is 6. The summed E-state index contributed by atoms with van der Waals surface area (Å²) in [5, 5.41) is 0.643. The molecule has 1 aromatic carbocycles. The molecule has 3 aromatic rings. The van der Waals surface area contributed by atoms with E-state index in [0.717, 1.165) is 49.6 Å². The number of aryl methyl sites for hydroxylation is 2. The van der Waals surface area contributed by atoms with Crippen molar-refractivity contribution in [3.63, 3.8) is 0 Å². The standard InChI is InChI=1S/C20H24N6O2/c1-15-11-19(27)26(14-21-15)10-7-24-5-8-25(9-6-24)16-3-4-17-18(12-16)22-13-23(2)20(17)28/h3-4,11-14H,5-10H2,1-2H3. The Kier molecular flexibility index (Phi) is 4.95. The van der Waals surface area contributed by atoms with Gasteiger partial charge in [-0.25, -0.2) is 9.97 Å². The number of benzene rings is 1. The summed E-state index contributed by atoms with van der Waals surface area (Å²) in [5.74, 6) is 0. The Morgan fingerprint density at radius 3 is 2.50 bits per heavy atom. The fraction of sp³-hybridized carbons (Fsp3) is 0.400. The molecule has 146 valence electrons. The van der Waals surface area contributed by atoms with E-state index >= 15 is 0 Å². The molecule has 1 aliphatic rings. The topological polar surface area (TPSA) is 76.3 Å². The third-order valence-corrected chi connectivity index (χ3v) is 5.31. The van der Waals surface area contributed by atoms with Gasteiger partial charge in [0.25, 0.3) is 11.1 Å². The van der Waals surface area contributed by atoms with Gasteiger partial charge in [-0.2, -0.15) is 0 Å². The van der Waals surface area contributed by atoms with Crippen molar-refractivity contribution in [2.75, 3.05) is 37.6 Å². The maximum atomic E-state index is 12.2. The number of nitrogens with zero attached hydrogens (tertiary/aromatic N) is 6. The van der Waals surface area contributed by atoms with Crippen LogP contribution < -0.4 is 16.0 Å². The van der Waals surface area contributed by atoms with E-state index in [-0.39, 0.29) is 11.1 Å². The maximum absolute atomic E-state index is 12.2. The minimum atomic E-state index is -0.0257. The molecule has 1 fully saturated rings. The van der Waals surface area contributed by atoms with E-state index in [1.807, 2.05) is 25.1 Å². The molecule has 2 aromatic heterocycles. The van der Waals surface area contributed by atoms with Gasteiger partial charge in [0.2, 0.25) is 0 Å². The fourth-order valence-corrected chi connectivity index (χ4v) is 3.56. The lowest BCUT2D eigenvalue weighted by Crippen LogP contribution is -2.47. The zero-order valence-corrected chi connectivity index (χ0v) is 16.2. The van der Waals surface area contributed by atoms with Crippen molar-refractivity contribution in [2.24, 2.45) is 7.05 Å². The first-order chi connectivity index (χ1) is 13.5. The van der Waals surface area contributed by atoms with Gasteiger partial charge in [0, 0.05) is 63.8 Å². The molecule has 0 aliphatic carbocycles. The molecule has 0 radical (unpaired) electrons. The summed E-state index contributed by atoms with van der Waals surface area (Å²) in [7, 11) is 1.71. The SMILES string of the molecule is Cc1cc(=O)n(CCN2CCN(c3ccc4c(=O)n(C)cnc4c3)CC2)cn1. The average molecular weight is 380 g/mol. The van der Waals surface area contributed by atoms with E-state index in [4.69, 9.17) is 0 Å². The largest absolute Gasteiger partial charge is 0.369 e. The molecule has 0 N–H and O–H groups in total. The molecule has 0 amide bonds. The normalized spacial score (nSPS) is 15.3. The summed E-state index contributed by atoms with van der Waals surface area (Å²) in [6.45, 7) is 6.95. The van der Waals surface area contributed by atoms with Gasteiger partial charge < -0.3 is 9.47 Å². The molecule has 0 spiro atoms. The molecule has 0 bridgehead atoms. The van der Waals surface area contributed by atoms with E-state index in [0.29, 0.717) is 11.9 Å². The van der Waals surface area contributed by atoms with E-state index in [1.165, 1.54) is 4.57 Å². The zero-order valence-electron chi connectivity index (χ0n) is 16.2. The lowest BCUT2D eigenvalue weighted by molar-refractivity contribution is 0.247. The Morgan fingerprint density at radius 2 is 1.75 bits per heavy atom. The molecule has 8 heteroatoms. The number of fused-ring (bicyclic) bond motifs is 1. The lowest BCUT2D eigenvalue weighted by Gasteiger charge is -2.36. The molecule has 1 aliphatic heterocycles. The van der Waals surface area contributed by atoms with Crippen LogP contribution in [0.2, 0.25) is 0 Å². The second kappa shape index (κ2) is 7.55. The Labute approximate surface area is 162 Å². The average Bonchev–Trinajstić information content (AvgIpc) is 2.70. The van der Waals surface area contributed by atoms with Crippen LogP contribution in [0.15, 0.2) is 46.5 Å². The summed E-state index contributed by atoms with van der Waals surface area (Å²) in [5.41, 5.74) is 2.54. The third-order valence-electron chi connectivity index (χ3n) is 5.31. The number of anilines is 1. The second-order valence-electron chi connectivity index (χ2n) is 7.25. The molecule has 8 nitrogen and oxygen atoms in total. The van der Waals surface area contributed by atoms with Crippen molar-refractivity contribution in [1.29, 1.82) is 0 Å². The number of piperazine rings is 1. The van der Waals surface area contributed by atoms with Gasteiger partial charge in [0.05, 0.1) is 23.6 Å². The van der Waals surface area contributed by atoms with Gasteiger partial charge in [-0.3, -0.25) is 19.1 Å². The highest BCUT2D eigenvalue weighted by Gasteiger charge is 2.18. The smallest absolute Gasteiger partial charge is 0.260 e. The van der Waals surface area contributed by atoms with Crippen molar-refractivity contribution in [3.8, 4) is 0 Å². The summed E-state index contributed by atoms with van der Waals surface area (Å²) >= 11 is 0. The minimum Gasteiger partial charge on any atom is -0.369 e. The second-order valence-corrected chi connectivity index (χ2v) is 7.25. The quantitative estimate of drug-likeness (QED) is 0.661. The summed E-state index contributed by atoms with van der Waals surface area (Å²) in [6, 6.07) is 7.42. The molecule has 28 heavy (non-hydrogen) atoms. The van der Waals surface area contributed by atoms with Crippen LogP contribution in [0.5, 0.6) is 0 Å². The maximum Gasteiger partial charge on any atom is 0.260 e. The first-order valence-corrected chi connectivity index (χ1v) is 9.47. The summed E-state index contributed by atoms with van der Waals surface area (Å²) in [4.78, 5) is 37.4. The molecule has 3 heterocycles. The van der Waals surface area contributed by atoms with Gasteiger partial charge in [-0.15, -0.1) is 0 Å². The van der Waals surface area contributed by atoms with Gasteiger partial charge in [-0.1, -0.05) is 0 Å². The molecule has 0 saturated carbocycles. The zero-order chi connectivity index (χ0) is 19.7. The van der Waals surface area contributed by atoms with Gasteiger partial charge in [-0.05, 0) is 25.1 Å². The molecular formula is C20H24N6O2. The van der Waals surface area contributed by atoms with Crippen molar-refractivity contribution in [3.05, 3.63) is 63.3 Å². The number of hydrogen-bond donors (Lipinski definition) is 0. The monoisotopic (exact) mass is 380 g/mol. The number of rotatable bonds is 4. The minimum absolute atomic E-state index is 0.000872. The van der Waals surface area contributed by atoms with Crippen LogP contribution in [0, 0.1) is 6.92 Å². The molecule has 1 saturated heterocycles. The molecular weight excluding hydrogens is 356 g/mol. The van der Waals surface area contributed by atoms with E-state index in [9.17, 15) is 9.59 Å². The van der Waals surface area contributed by atoms with Crippen LogP contribution in [0.1, 0.15) is 5.69 Å². The highest BCUT2D eigenvalue weighted by Crippen LogP contribution is 2.20. The predicted molar refractivity (Wildman–Crippen MR) is 109 cm³/mol. The van der Waals surface area contributed by atoms with Crippen LogP contribution in [-0.4, -0.2) is 56.7 Å². The fourth-order valence-electron chi connectivity index (χ4n) is 3.56. The Hall–Kier alpha value is -3.00. The van der Waals surface area contributed by atoms with Crippen LogP contribution >= 0.6 is 0 Å². The molecule has 0 unspecified atom stereocenters. The van der Waals surface area contributed by atoms with E-state index in [1.54, 1.807) is 30.3 Å². The van der Waals surface area contributed by atoms with Crippen LogP contribution in [0.3, 0.4) is 0 Å². The number of aromatic nitrogens is 4.